The summed E-state index contributed by atoms with van der Waals surface area (Å²) in [5.41, 5.74) is 1.98. The van der Waals surface area contributed by atoms with Crippen LogP contribution in [0.25, 0.3) is 0 Å². The fraction of sp³-hybridized carbons (Fsp3) is 0.308. The maximum absolute atomic E-state index is 13.4. The smallest absolute Gasteiger partial charge is 0.128 e. The zero-order valence-electron chi connectivity index (χ0n) is 10.4. The van der Waals surface area contributed by atoms with Crippen molar-refractivity contribution in [1.82, 2.24) is 9.78 Å². The van der Waals surface area contributed by atoms with Crippen LogP contribution in [0.5, 0.6) is 0 Å². The van der Waals surface area contributed by atoms with Gasteiger partial charge in [-0.3, -0.25) is 4.68 Å². The molecule has 0 bridgehead atoms. The standard InChI is InChI=1S/C13H15F2N3/c1-3-18-8-13(9(2)17-18)16-7-10-6-11(14)4-5-12(10)15/h4-6,8,16H,3,7H2,1-2H3. The predicted octanol–water partition coefficient (Wildman–Crippen LogP) is 3.10. The number of hydrogen-bond donors (Lipinski definition) is 1. The first-order valence-corrected chi connectivity index (χ1v) is 5.82. The van der Waals surface area contributed by atoms with Gasteiger partial charge in [0.1, 0.15) is 11.6 Å². The molecule has 96 valence electrons. The van der Waals surface area contributed by atoms with E-state index in [1.807, 2.05) is 20.0 Å². The summed E-state index contributed by atoms with van der Waals surface area (Å²) in [6, 6.07) is 3.44. The van der Waals surface area contributed by atoms with E-state index in [1.54, 1.807) is 4.68 Å². The van der Waals surface area contributed by atoms with Gasteiger partial charge in [-0.05, 0) is 32.0 Å². The van der Waals surface area contributed by atoms with Gasteiger partial charge in [0.2, 0.25) is 0 Å². The van der Waals surface area contributed by atoms with E-state index in [-0.39, 0.29) is 6.54 Å². The second-order valence-electron chi connectivity index (χ2n) is 4.07. The van der Waals surface area contributed by atoms with Gasteiger partial charge >= 0.3 is 0 Å². The van der Waals surface area contributed by atoms with Crippen LogP contribution >= 0.6 is 0 Å². The van der Waals surface area contributed by atoms with E-state index in [2.05, 4.69) is 10.4 Å². The van der Waals surface area contributed by atoms with E-state index in [4.69, 9.17) is 0 Å². The summed E-state index contributed by atoms with van der Waals surface area (Å²) in [7, 11) is 0. The first kappa shape index (κ1) is 12.5. The second-order valence-corrected chi connectivity index (χ2v) is 4.07. The number of benzene rings is 1. The van der Waals surface area contributed by atoms with E-state index >= 15 is 0 Å². The third-order valence-corrected chi connectivity index (χ3v) is 2.75. The third-order valence-electron chi connectivity index (χ3n) is 2.75. The molecule has 2 aromatic rings. The lowest BCUT2D eigenvalue weighted by Gasteiger charge is -2.06. The van der Waals surface area contributed by atoms with Crippen molar-refractivity contribution in [3.63, 3.8) is 0 Å². The van der Waals surface area contributed by atoms with Gasteiger partial charge in [-0.1, -0.05) is 0 Å². The van der Waals surface area contributed by atoms with Crippen LogP contribution in [0.1, 0.15) is 18.2 Å². The molecule has 0 atom stereocenters. The van der Waals surface area contributed by atoms with Crippen molar-refractivity contribution < 1.29 is 8.78 Å². The molecule has 0 fully saturated rings. The molecule has 1 aromatic carbocycles. The van der Waals surface area contributed by atoms with Crippen LogP contribution in [-0.2, 0) is 13.1 Å². The average Bonchev–Trinajstić information content (AvgIpc) is 2.71. The third kappa shape index (κ3) is 2.67. The van der Waals surface area contributed by atoms with Crippen LogP contribution in [0.2, 0.25) is 0 Å². The van der Waals surface area contributed by atoms with E-state index in [0.717, 1.165) is 30.1 Å². The van der Waals surface area contributed by atoms with Crippen molar-refractivity contribution in [2.24, 2.45) is 0 Å². The maximum atomic E-state index is 13.4. The maximum Gasteiger partial charge on any atom is 0.128 e. The Kier molecular flexibility index (Phi) is 3.60. The Labute approximate surface area is 104 Å². The molecule has 0 aliphatic carbocycles. The molecule has 3 nitrogen and oxygen atoms in total. The van der Waals surface area contributed by atoms with Gasteiger partial charge in [0.25, 0.3) is 0 Å². The largest absolute Gasteiger partial charge is 0.378 e. The van der Waals surface area contributed by atoms with Gasteiger partial charge in [-0.25, -0.2) is 8.78 Å². The number of halogens is 2. The highest BCUT2D eigenvalue weighted by atomic mass is 19.1. The minimum absolute atomic E-state index is 0.236. The lowest BCUT2D eigenvalue weighted by Crippen LogP contribution is -2.02. The van der Waals surface area contributed by atoms with Crippen molar-refractivity contribution in [1.29, 1.82) is 0 Å². The SMILES string of the molecule is CCn1cc(NCc2cc(F)ccc2F)c(C)n1. The summed E-state index contributed by atoms with van der Waals surface area (Å²) >= 11 is 0. The summed E-state index contributed by atoms with van der Waals surface area (Å²) < 4.78 is 28.2. The lowest BCUT2D eigenvalue weighted by atomic mass is 10.2. The van der Waals surface area contributed by atoms with Crippen molar-refractivity contribution in [2.75, 3.05) is 5.32 Å². The summed E-state index contributed by atoms with van der Waals surface area (Å²) in [6.45, 7) is 4.87. The van der Waals surface area contributed by atoms with Gasteiger partial charge in [0.05, 0.1) is 11.4 Å². The minimum atomic E-state index is -0.436. The molecule has 0 aliphatic heterocycles. The van der Waals surface area contributed by atoms with Gasteiger partial charge in [-0.2, -0.15) is 5.10 Å². The highest BCUT2D eigenvalue weighted by molar-refractivity contribution is 5.46. The van der Waals surface area contributed by atoms with Crippen LogP contribution in [0, 0.1) is 18.6 Å². The zero-order chi connectivity index (χ0) is 13.1. The van der Waals surface area contributed by atoms with E-state index in [0.29, 0.717) is 5.56 Å². The molecule has 0 amide bonds. The Morgan fingerprint density at radius 3 is 2.78 bits per heavy atom. The van der Waals surface area contributed by atoms with Crippen LogP contribution in [0.3, 0.4) is 0 Å². The van der Waals surface area contributed by atoms with Gasteiger partial charge in [0, 0.05) is 24.8 Å². The predicted molar refractivity (Wildman–Crippen MR) is 66.3 cm³/mol. The molecule has 0 unspecified atom stereocenters. The number of nitrogens with zero attached hydrogens (tertiary/aromatic N) is 2. The van der Waals surface area contributed by atoms with Crippen LogP contribution in [0.15, 0.2) is 24.4 Å². The van der Waals surface area contributed by atoms with E-state index in [9.17, 15) is 8.78 Å². The molecule has 0 saturated carbocycles. The molecule has 0 radical (unpaired) electrons. The summed E-state index contributed by atoms with van der Waals surface area (Å²) in [5.74, 6) is -0.849. The molecule has 5 heteroatoms. The highest BCUT2D eigenvalue weighted by Crippen LogP contribution is 2.16. The van der Waals surface area contributed by atoms with Gasteiger partial charge in [0.15, 0.2) is 0 Å². The number of aromatic nitrogens is 2. The van der Waals surface area contributed by atoms with E-state index < -0.39 is 11.6 Å². The number of aryl methyl sites for hydroxylation is 2. The monoisotopic (exact) mass is 251 g/mol. The molecule has 0 aliphatic rings. The average molecular weight is 251 g/mol. The lowest BCUT2D eigenvalue weighted by molar-refractivity contribution is 0.587. The number of rotatable bonds is 4. The Bertz CT molecular complexity index is 549. The first-order valence-electron chi connectivity index (χ1n) is 5.82. The number of hydrogen-bond acceptors (Lipinski definition) is 2. The second kappa shape index (κ2) is 5.16. The highest BCUT2D eigenvalue weighted by Gasteiger charge is 2.07. The number of nitrogens with one attached hydrogen (secondary N) is 1. The quantitative estimate of drug-likeness (QED) is 0.904. The Balaban J connectivity index is 2.11. The Morgan fingerprint density at radius 2 is 2.11 bits per heavy atom. The first-order chi connectivity index (χ1) is 8.60. The number of anilines is 1. The van der Waals surface area contributed by atoms with Crippen molar-refractivity contribution in [3.05, 3.63) is 47.3 Å². The molecule has 18 heavy (non-hydrogen) atoms. The van der Waals surface area contributed by atoms with Crippen LogP contribution in [-0.4, -0.2) is 9.78 Å². The summed E-state index contributed by atoms with van der Waals surface area (Å²) in [4.78, 5) is 0. The van der Waals surface area contributed by atoms with Crippen LogP contribution < -0.4 is 5.32 Å². The zero-order valence-corrected chi connectivity index (χ0v) is 10.4. The molecule has 0 spiro atoms. The Morgan fingerprint density at radius 1 is 1.33 bits per heavy atom. The minimum Gasteiger partial charge on any atom is -0.378 e. The van der Waals surface area contributed by atoms with Crippen LogP contribution in [0.4, 0.5) is 14.5 Å². The molecular weight excluding hydrogens is 236 g/mol. The van der Waals surface area contributed by atoms with Gasteiger partial charge in [-0.15, -0.1) is 0 Å². The molecule has 0 saturated heterocycles. The molecule has 2 rings (SSSR count). The van der Waals surface area contributed by atoms with Gasteiger partial charge < -0.3 is 5.32 Å². The fourth-order valence-electron chi connectivity index (χ4n) is 1.72. The topological polar surface area (TPSA) is 29.9 Å². The molecule has 1 aromatic heterocycles. The van der Waals surface area contributed by atoms with Crippen molar-refractivity contribution in [3.8, 4) is 0 Å². The normalized spacial score (nSPS) is 10.7. The molecular formula is C13H15F2N3. The Hall–Kier alpha value is -1.91. The molecule has 1 N–H and O–H groups in total. The molecule has 1 heterocycles. The summed E-state index contributed by atoms with van der Waals surface area (Å²) in [5, 5.41) is 7.33. The summed E-state index contributed by atoms with van der Waals surface area (Å²) in [6.07, 6.45) is 1.85. The van der Waals surface area contributed by atoms with Crippen molar-refractivity contribution in [2.45, 2.75) is 26.9 Å². The van der Waals surface area contributed by atoms with Crippen molar-refractivity contribution >= 4 is 5.69 Å². The van der Waals surface area contributed by atoms with E-state index in [1.165, 1.54) is 6.07 Å². The fourth-order valence-corrected chi connectivity index (χ4v) is 1.72.